The highest BCUT2D eigenvalue weighted by atomic mass is 16.5. The number of hydrogen-bond acceptors (Lipinski definition) is 6. The van der Waals surface area contributed by atoms with Gasteiger partial charge >= 0.3 is 0 Å². The fourth-order valence-corrected chi connectivity index (χ4v) is 7.52. The van der Waals surface area contributed by atoms with Crippen LogP contribution in [0.5, 0.6) is 5.75 Å². The Morgan fingerprint density at radius 2 is 1.76 bits per heavy atom. The molecule has 2 bridgehead atoms. The van der Waals surface area contributed by atoms with Crippen molar-refractivity contribution in [2.45, 2.75) is 81.9 Å². The van der Waals surface area contributed by atoms with E-state index >= 15 is 0 Å². The fraction of sp³-hybridized carbons (Fsp3) is 0.654. The second-order valence-electron chi connectivity index (χ2n) is 10.9. The number of nitrogens with zero attached hydrogens (tertiary/aromatic N) is 2. The summed E-state index contributed by atoms with van der Waals surface area (Å²) in [5.41, 5.74) is 1.52. The van der Waals surface area contributed by atoms with E-state index in [2.05, 4.69) is 10.2 Å². The van der Waals surface area contributed by atoms with Gasteiger partial charge in [-0.1, -0.05) is 0 Å². The second kappa shape index (κ2) is 7.78. The van der Waals surface area contributed by atoms with Crippen molar-refractivity contribution in [3.8, 4) is 5.75 Å². The molecule has 5 aliphatic heterocycles. The van der Waals surface area contributed by atoms with Crippen LogP contribution < -0.4 is 10.1 Å². The van der Waals surface area contributed by atoms with E-state index in [1.54, 1.807) is 4.90 Å². The summed E-state index contributed by atoms with van der Waals surface area (Å²) in [4.78, 5) is 41.0. The molecular weight excluding hydrogens is 434 g/mol. The number of amides is 3. The van der Waals surface area contributed by atoms with Crippen LogP contribution in [0.25, 0.3) is 0 Å². The van der Waals surface area contributed by atoms with Crippen LogP contribution in [0.4, 0.5) is 0 Å². The number of nitrogens with one attached hydrogen (secondary N) is 1. The molecule has 1 aromatic rings. The Morgan fingerprint density at radius 1 is 0.971 bits per heavy atom. The lowest BCUT2D eigenvalue weighted by Crippen LogP contribution is -2.52. The molecule has 5 fully saturated rings. The largest absolute Gasteiger partial charge is 0.489 e. The van der Waals surface area contributed by atoms with Gasteiger partial charge in [-0.2, -0.15) is 0 Å². The van der Waals surface area contributed by atoms with Crippen LogP contribution >= 0.6 is 0 Å². The Hall–Kier alpha value is -2.45. The van der Waals surface area contributed by atoms with Crippen molar-refractivity contribution in [1.29, 1.82) is 0 Å². The maximum atomic E-state index is 13.0. The van der Waals surface area contributed by atoms with E-state index in [1.807, 2.05) is 18.2 Å². The summed E-state index contributed by atoms with van der Waals surface area (Å²) in [5, 5.41) is 2.36. The molecule has 1 saturated carbocycles. The summed E-state index contributed by atoms with van der Waals surface area (Å²) in [6.07, 6.45) is 7.62. The second-order valence-corrected chi connectivity index (χ2v) is 10.9. The Bertz CT molecular complexity index is 1040. The number of hydrogen-bond donors (Lipinski definition) is 1. The molecule has 0 radical (unpaired) electrons. The van der Waals surface area contributed by atoms with Crippen LogP contribution in [0.15, 0.2) is 18.2 Å². The van der Waals surface area contributed by atoms with Crippen LogP contribution in [0.2, 0.25) is 0 Å². The third-order valence-electron chi connectivity index (χ3n) is 9.15. The molecule has 34 heavy (non-hydrogen) atoms. The van der Waals surface area contributed by atoms with E-state index in [4.69, 9.17) is 9.47 Å². The molecular formula is C26H31N3O5. The Balaban J connectivity index is 1.04. The molecule has 5 heterocycles. The van der Waals surface area contributed by atoms with E-state index in [0.29, 0.717) is 48.6 Å². The Morgan fingerprint density at radius 3 is 2.53 bits per heavy atom. The van der Waals surface area contributed by atoms with E-state index in [0.717, 1.165) is 30.8 Å². The third-order valence-corrected chi connectivity index (χ3v) is 9.15. The van der Waals surface area contributed by atoms with Crippen molar-refractivity contribution in [3.63, 3.8) is 0 Å². The van der Waals surface area contributed by atoms with Gasteiger partial charge in [0.25, 0.3) is 5.91 Å². The summed E-state index contributed by atoms with van der Waals surface area (Å²) in [6.45, 7) is 2.65. The quantitative estimate of drug-likeness (QED) is 0.683. The summed E-state index contributed by atoms with van der Waals surface area (Å²) >= 11 is 0. The normalized spacial score (nSPS) is 39.0. The minimum absolute atomic E-state index is 0.143. The van der Waals surface area contributed by atoms with Gasteiger partial charge in [0.05, 0.1) is 12.2 Å². The monoisotopic (exact) mass is 465 g/mol. The highest BCUT2D eigenvalue weighted by Gasteiger charge is 2.54. The van der Waals surface area contributed by atoms with Gasteiger partial charge in [0.2, 0.25) is 11.8 Å². The summed E-state index contributed by atoms with van der Waals surface area (Å²) in [6, 6.07) is 5.56. The van der Waals surface area contributed by atoms with Gasteiger partial charge in [-0.25, -0.2) is 0 Å². The first-order chi connectivity index (χ1) is 16.5. The number of piperidine rings is 1. The summed E-state index contributed by atoms with van der Waals surface area (Å²) in [7, 11) is 0. The van der Waals surface area contributed by atoms with Gasteiger partial charge in [0, 0.05) is 49.5 Å². The number of fused-ring (bicyclic) bond motifs is 6. The predicted octanol–water partition coefficient (Wildman–Crippen LogP) is 1.86. The number of carbonyl (C=O) groups is 3. The van der Waals surface area contributed by atoms with Crippen molar-refractivity contribution < 1.29 is 23.9 Å². The van der Waals surface area contributed by atoms with Crippen molar-refractivity contribution >= 4 is 17.7 Å². The standard InChI is InChI=1S/C26H31N3O5/c30-24-9-6-20(25(31)27-24)29-11-14-10-15(4-5-16(14)26(29)32)33-23-3-1-2-19(23)28-12-17-18(13-28)22-8-7-21(17)34-22/h4-5,10,17-23H,1-3,6-9,11-13H2,(H,27,30,31)/t17-,18+,19?,20?,21+,22-,23?. The molecule has 1 N–H and O–H groups in total. The Kier molecular flexibility index (Phi) is 4.78. The zero-order chi connectivity index (χ0) is 23.0. The van der Waals surface area contributed by atoms with Crippen molar-refractivity contribution in [2.24, 2.45) is 11.8 Å². The first kappa shape index (κ1) is 20.9. The van der Waals surface area contributed by atoms with Crippen molar-refractivity contribution in [2.75, 3.05) is 13.1 Å². The SMILES string of the molecule is O=C1CCC(N2Cc3cc(OC4CCCC4N4C[C@@H]5[C@H](C4)[C@H]4CC[C@@H]5O4)ccc3C2=O)C(=O)N1. The molecule has 0 aromatic heterocycles. The molecule has 3 unspecified atom stereocenters. The average molecular weight is 466 g/mol. The minimum atomic E-state index is -0.588. The van der Waals surface area contributed by atoms with Crippen LogP contribution in [0.1, 0.15) is 60.9 Å². The molecule has 8 heteroatoms. The number of carbonyl (C=O) groups excluding carboxylic acids is 3. The molecule has 1 aliphatic carbocycles. The summed E-state index contributed by atoms with van der Waals surface area (Å²) in [5.74, 6) is 1.41. The number of ether oxygens (including phenoxy) is 2. The Labute approximate surface area is 198 Å². The van der Waals surface area contributed by atoms with Crippen molar-refractivity contribution in [1.82, 2.24) is 15.1 Å². The number of likely N-dealkylation sites (tertiary alicyclic amines) is 1. The average Bonchev–Trinajstić information content (AvgIpc) is 3.62. The predicted molar refractivity (Wildman–Crippen MR) is 121 cm³/mol. The van der Waals surface area contributed by atoms with E-state index in [9.17, 15) is 14.4 Å². The maximum absolute atomic E-state index is 13.0. The van der Waals surface area contributed by atoms with Crippen LogP contribution in [-0.4, -0.2) is 71.0 Å². The molecule has 4 saturated heterocycles. The maximum Gasteiger partial charge on any atom is 0.255 e. The molecule has 7 atom stereocenters. The lowest BCUT2D eigenvalue weighted by atomic mass is 9.82. The number of imide groups is 1. The molecule has 7 rings (SSSR count). The first-order valence-electron chi connectivity index (χ1n) is 12.9. The number of benzene rings is 1. The first-order valence-corrected chi connectivity index (χ1v) is 12.9. The van der Waals surface area contributed by atoms with Crippen molar-refractivity contribution in [3.05, 3.63) is 29.3 Å². The van der Waals surface area contributed by atoms with Gasteiger partial charge in [0.15, 0.2) is 0 Å². The van der Waals surface area contributed by atoms with Gasteiger partial charge in [-0.3, -0.25) is 24.6 Å². The van der Waals surface area contributed by atoms with E-state index in [-0.39, 0.29) is 30.2 Å². The molecule has 1 aromatic carbocycles. The minimum Gasteiger partial charge on any atom is -0.489 e. The van der Waals surface area contributed by atoms with Gasteiger partial charge in [0.1, 0.15) is 17.9 Å². The third kappa shape index (κ3) is 3.22. The van der Waals surface area contributed by atoms with Gasteiger partial charge < -0.3 is 14.4 Å². The molecule has 180 valence electrons. The lowest BCUT2D eigenvalue weighted by Gasteiger charge is -2.31. The number of rotatable bonds is 4. The van der Waals surface area contributed by atoms with Crippen LogP contribution in [-0.2, 0) is 20.9 Å². The lowest BCUT2D eigenvalue weighted by molar-refractivity contribution is -0.136. The highest BCUT2D eigenvalue weighted by Crippen LogP contribution is 2.48. The van der Waals surface area contributed by atoms with Gasteiger partial charge in [-0.05, 0) is 62.3 Å². The van der Waals surface area contributed by atoms with Crippen LogP contribution in [0, 0.1) is 11.8 Å². The molecule has 6 aliphatic rings. The zero-order valence-electron chi connectivity index (χ0n) is 19.3. The molecule has 3 amide bonds. The topological polar surface area (TPSA) is 88.2 Å². The summed E-state index contributed by atoms with van der Waals surface area (Å²) < 4.78 is 12.7. The van der Waals surface area contributed by atoms with Crippen LogP contribution in [0.3, 0.4) is 0 Å². The van der Waals surface area contributed by atoms with E-state index < -0.39 is 6.04 Å². The van der Waals surface area contributed by atoms with E-state index in [1.165, 1.54) is 25.7 Å². The van der Waals surface area contributed by atoms with Gasteiger partial charge in [-0.15, -0.1) is 0 Å². The zero-order valence-corrected chi connectivity index (χ0v) is 19.3. The highest BCUT2D eigenvalue weighted by molar-refractivity contribution is 6.05. The molecule has 8 nitrogen and oxygen atoms in total. The fourth-order valence-electron chi connectivity index (χ4n) is 7.52. The smallest absolute Gasteiger partial charge is 0.255 e. The molecule has 0 spiro atoms.